The second-order valence-corrected chi connectivity index (χ2v) is 9.14. The molecule has 0 radical (unpaired) electrons. The van der Waals surface area contributed by atoms with Gasteiger partial charge in [0, 0.05) is 41.7 Å². The Morgan fingerprint density at radius 2 is 1.81 bits per heavy atom. The Kier molecular flexibility index (Phi) is 7.16. The second-order valence-electron chi connectivity index (χ2n) is 6.77. The summed E-state index contributed by atoms with van der Waals surface area (Å²) in [6.07, 6.45) is 3.21. The molecule has 1 unspecified atom stereocenters. The minimum absolute atomic E-state index is 0.101. The van der Waals surface area contributed by atoms with Gasteiger partial charge in [0.2, 0.25) is 0 Å². The van der Waals surface area contributed by atoms with Crippen molar-refractivity contribution in [2.45, 2.75) is 18.6 Å². The van der Waals surface area contributed by atoms with Gasteiger partial charge in [-0.05, 0) is 29.3 Å². The monoisotopic (exact) mass is 436 g/mol. The van der Waals surface area contributed by atoms with Gasteiger partial charge in [0.25, 0.3) is 5.91 Å². The molecule has 1 amide bonds. The maximum absolute atomic E-state index is 14.9. The first-order chi connectivity index (χ1) is 14.9. The molecule has 1 atom stereocenters. The average Bonchev–Trinajstić information content (AvgIpc) is 2.79. The number of benzene rings is 2. The van der Waals surface area contributed by atoms with Crippen LogP contribution < -0.4 is 5.32 Å². The number of sulfone groups is 1. The first-order valence-electron chi connectivity index (χ1n) is 9.65. The number of nitrogens with zero attached hydrogens (tertiary/aromatic N) is 1. The topological polar surface area (TPSA) is 76.1 Å². The minimum atomic E-state index is -3.58. The highest BCUT2D eigenvalue weighted by atomic mass is 32.2. The highest BCUT2D eigenvalue weighted by Gasteiger charge is 2.29. The van der Waals surface area contributed by atoms with E-state index in [9.17, 15) is 17.6 Å². The van der Waals surface area contributed by atoms with Crippen molar-refractivity contribution >= 4 is 15.7 Å². The van der Waals surface area contributed by atoms with E-state index in [4.69, 9.17) is 0 Å². The fraction of sp³-hybridized carbons (Fsp3) is 0.167. The van der Waals surface area contributed by atoms with Crippen molar-refractivity contribution in [2.24, 2.45) is 0 Å². The van der Waals surface area contributed by atoms with Gasteiger partial charge in [0.1, 0.15) is 11.1 Å². The molecule has 158 valence electrons. The maximum atomic E-state index is 14.9. The van der Waals surface area contributed by atoms with Crippen LogP contribution >= 0.6 is 0 Å². The molecule has 31 heavy (non-hydrogen) atoms. The molecule has 0 spiro atoms. The summed E-state index contributed by atoms with van der Waals surface area (Å²) in [5.74, 6) is 1.71. The summed E-state index contributed by atoms with van der Waals surface area (Å²) < 4.78 is 40.3. The molecule has 7 heteroatoms. The summed E-state index contributed by atoms with van der Waals surface area (Å²) in [4.78, 5) is 15.8. The molecule has 3 rings (SSSR count). The van der Waals surface area contributed by atoms with Gasteiger partial charge in [0.15, 0.2) is 9.84 Å². The van der Waals surface area contributed by atoms with Crippen LogP contribution in [0.2, 0.25) is 0 Å². The van der Waals surface area contributed by atoms with Crippen LogP contribution in [0.15, 0.2) is 73.1 Å². The Balaban J connectivity index is 1.77. The van der Waals surface area contributed by atoms with Crippen molar-refractivity contribution in [2.75, 3.05) is 5.75 Å². The number of nitrogens with one attached hydrogen (secondary N) is 1. The molecule has 1 heterocycles. The zero-order chi connectivity index (χ0) is 22.3. The Morgan fingerprint density at radius 3 is 2.45 bits per heavy atom. The van der Waals surface area contributed by atoms with E-state index in [1.807, 2.05) is 0 Å². The van der Waals surface area contributed by atoms with Crippen LogP contribution in [0.1, 0.15) is 39.2 Å². The largest absolute Gasteiger partial charge is 0.281 e. The number of halogens is 1. The van der Waals surface area contributed by atoms with Gasteiger partial charge in [-0.2, -0.15) is 0 Å². The zero-order valence-electron chi connectivity index (χ0n) is 16.9. The number of carbonyl (C=O) groups excluding carboxylic acids is 1. The number of aromatic nitrogens is 1. The highest BCUT2D eigenvalue weighted by molar-refractivity contribution is 7.91. The van der Waals surface area contributed by atoms with Crippen molar-refractivity contribution in [3.8, 4) is 12.0 Å². The SMILES string of the molecule is CCS(=O)(=O)C(c1ccccc1)c1ccc(CC#CNC(=O)c2ccncc2)cc1F. The fourth-order valence-corrected chi connectivity index (χ4v) is 4.57. The Morgan fingerprint density at radius 1 is 1.10 bits per heavy atom. The second kappa shape index (κ2) is 10.0. The highest BCUT2D eigenvalue weighted by Crippen LogP contribution is 2.32. The summed E-state index contributed by atoms with van der Waals surface area (Å²) in [7, 11) is -3.58. The zero-order valence-corrected chi connectivity index (χ0v) is 17.7. The van der Waals surface area contributed by atoms with Crippen LogP contribution in [-0.4, -0.2) is 25.1 Å². The van der Waals surface area contributed by atoms with Crippen LogP contribution in [0.3, 0.4) is 0 Å². The van der Waals surface area contributed by atoms with Crippen LogP contribution in [0, 0.1) is 17.8 Å². The lowest BCUT2D eigenvalue weighted by molar-refractivity contribution is 0.0973. The van der Waals surface area contributed by atoms with Crippen molar-refractivity contribution in [3.63, 3.8) is 0 Å². The number of carbonyl (C=O) groups is 1. The Hall–Kier alpha value is -3.50. The number of pyridine rings is 1. The normalized spacial score (nSPS) is 11.8. The molecule has 1 N–H and O–H groups in total. The maximum Gasteiger partial charge on any atom is 0.262 e. The summed E-state index contributed by atoms with van der Waals surface area (Å²) in [6.45, 7) is 1.55. The molecule has 0 aliphatic rings. The molecule has 0 aliphatic heterocycles. The molecule has 0 saturated heterocycles. The minimum Gasteiger partial charge on any atom is -0.281 e. The molecule has 3 aromatic rings. The van der Waals surface area contributed by atoms with E-state index in [0.29, 0.717) is 16.7 Å². The number of amides is 1. The summed E-state index contributed by atoms with van der Waals surface area (Å²) in [5.41, 5.74) is 1.64. The predicted octanol–water partition coefficient (Wildman–Crippen LogP) is 3.68. The van der Waals surface area contributed by atoms with Gasteiger partial charge in [-0.15, -0.1) is 0 Å². The van der Waals surface area contributed by atoms with Crippen LogP contribution in [0.25, 0.3) is 0 Å². The van der Waals surface area contributed by atoms with E-state index >= 15 is 0 Å². The summed E-state index contributed by atoms with van der Waals surface area (Å²) >= 11 is 0. The smallest absolute Gasteiger partial charge is 0.262 e. The fourth-order valence-electron chi connectivity index (χ4n) is 3.09. The van der Waals surface area contributed by atoms with Gasteiger partial charge < -0.3 is 0 Å². The molecule has 0 saturated carbocycles. The van der Waals surface area contributed by atoms with E-state index in [1.165, 1.54) is 24.5 Å². The van der Waals surface area contributed by atoms with E-state index in [0.717, 1.165) is 0 Å². The van der Waals surface area contributed by atoms with Gasteiger partial charge >= 0.3 is 0 Å². The van der Waals surface area contributed by atoms with Crippen molar-refractivity contribution in [1.82, 2.24) is 10.3 Å². The molecule has 1 aromatic heterocycles. The summed E-state index contributed by atoms with van der Waals surface area (Å²) in [6, 6.07) is 18.7. The lowest BCUT2D eigenvalue weighted by atomic mass is 10.0. The standard InChI is InChI=1S/C24H21FN2O3S/c1-2-31(29,30)23(19-8-4-3-5-9-19)21-11-10-18(17-22(21)25)7-6-14-27-24(28)20-12-15-26-16-13-20/h3-5,8-13,15-17,23H,2,7H2,1H3,(H,27,28). The molecule has 0 fully saturated rings. The quantitative estimate of drug-likeness (QED) is 0.473. The van der Waals surface area contributed by atoms with Gasteiger partial charge in [-0.1, -0.05) is 55.3 Å². The number of hydrogen-bond donors (Lipinski definition) is 1. The molecule has 0 bridgehead atoms. The van der Waals surface area contributed by atoms with Crippen LogP contribution in [0.5, 0.6) is 0 Å². The van der Waals surface area contributed by atoms with Gasteiger partial charge in [-0.3, -0.25) is 15.1 Å². The first-order valence-corrected chi connectivity index (χ1v) is 11.4. The van der Waals surface area contributed by atoms with E-state index in [1.54, 1.807) is 55.5 Å². The first kappa shape index (κ1) is 22.2. The third-order valence-electron chi connectivity index (χ3n) is 4.71. The molecular formula is C24H21FN2O3S. The van der Waals surface area contributed by atoms with Crippen LogP contribution in [0.4, 0.5) is 4.39 Å². The van der Waals surface area contributed by atoms with E-state index in [2.05, 4.69) is 22.3 Å². The van der Waals surface area contributed by atoms with Gasteiger partial charge in [0.05, 0.1) is 0 Å². The van der Waals surface area contributed by atoms with E-state index < -0.39 is 20.9 Å². The average molecular weight is 437 g/mol. The molecular weight excluding hydrogens is 415 g/mol. The Bertz CT molecular complexity index is 1220. The Labute approximate surface area is 181 Å². The third-order valence-corrected chi connectivity index (χ3v) is 6.76. The molecule has 2 aromatic carbocycles. The van der Waals surface area contributed by atoms with Crippen molar-refractivity contribution < 1.29 is 17.6 Å². The lowest BCUT2D eigenvalue weighted by Gasteiger charge is -2.19. The van der Waals surface area contributed by atoms with E-state index in [-0.39, 0.29) is 23.6 Å². The number of rotatable bonds is 6. The molecule has 5 nitrogen and oxygen atoms in total. The predicted molar refractivity (Wildman–Crippen MR) is 117 cm³/mol. The third kappa shape index (κ3) is 5.56. The molecule has 0 aliphatic carbocycles. The van der Waals surface area contributed by atoms with Gasteiger partial charge in [-0.25, -0.2) is 12.8 Å². The van der Waals surface area contributed by atoms with Crippen molar-refractivity contribution in [1.29, 1.82) is 0 Å². The van der Waals surface area contributed by atoms with Crippen molar-refractivity contribution in [3.05, 3.63) is 101 Å². The summed E-state index contributed by atoms with van der Waals surface area (Å²) in [5, 5.41) is 1.39. The number of hydrogen-bond acceptors (Lipinski definition) is 4. The van der Waals surface area contributed by atoms with Crippen LogP contribution in [-0.2, 0) is 16.3 Å². The lowest BCUT2D eigenvalue weighted by Crippen LogP contribution is -2.18.